The summed E-state index contributed by atoms with van der Waals surface area (Å²) in [6, 6.07) is 6.41. The summed E-state index contributed by atoms with van der Waals surface area (Å²) in [5.41, 5.74) is -0.397. The summed E-state index contributed by atoms with van der Waals surface area (Å²) < 4.78 is 11.4. The average Bonchev–Trinajstić information content (AvgIpc) is 3.52. The molecule has 8 nitrogen and oxygen atoms in total. The van der Waals surface area contributed by atoms with Crippen LogP contribution in [0.3, 0.4) is 0 Å². The Morgan fingerprint density at radius 1 is 1.13 bits per heavy atom. The third-order valence-corrected chi connectivity index (χ3v) is 6.39. The van der Waals surface area contributed by atoms with E-state index in [1.165, 1.54) is 0 Å². The maximum Gasteiger partial charge on any atom is 0.256 e. The molecule has 1 N–H and O–H groups in total. The quantitative estimate of drug-likeness (QED) is 0.771. The van der Waals surface area contributed by atoms with Crippen LogP contribution in [0.2, 0.25) is 0 Å². The van der Waals surface area contributed by atoms with Crippen LogP contribution in [0.25, 0.3) is 0 Å². The predicted octanol–water partition coefficient (Wildman–Crippen LogP) is 1.79. The lowest BCUT2D eigenvalue weighted by atomic mass is 9.95. The van der Waals surface area contributed by atoms with Crippen molar-refractivity contribution in [3.8, 4) is 5.75 Å². The summed E-state index contributed by atoms with van der Waals surface area (Å²) in [5.74, 6) is 0.283. The number of benzene rings is 1. The van der Waals surface area contributed by atoms with Crippen molar-refractivity contribution < 1.29 is 23.9 Å². The van der Waals surface area contributed by atoms with Crippen molar-refractivity contribution in [2.45, 2.75) is 57.3 Å². The van der Waals surface area contributed by atoms with Gasteiger partial charge in [0.2, 0.25) is 11.8 Å². The number of carbonyl (C=O) groups is 3. The van der Waals surface area contributed by atoms with Gasteiger partial charge in [0, 0.05) is 43.5 Å². The second-order valence-corrected chi connectivity index (χ2v) is 8.94. The van der Waals surface area contributed by atoms with E-state index in [2.05, 4.69) is 5.32 Å². The third kappa shape index (κ3) is 4.26. The van der Waals surface area contributed by atoms with E-state index in [-0.39, 0.29) is 36.3 Å². The number of rotatable bonds is 5. The Morgan fingerprint density at radius 2 is 1.77 bits per heavy atom. The van der Waals surface area contributed by atoms with Crippen molar-refractivity contribution in [1.29, 1.82) is 0 Å². The summed E-state index contributed by atoms with van der Waals surface area (Å²) >= 11 is 0. The second kappa shape index (κ2) is 8.49. The fourth-order valence-corrected chi connectivity index (χ4v) is 4.41. The second-order valence-electron chi connectivity index (χ2n) is 8.94. The lowest BCUT2D eigenvalue weighted by molar-refractivity contribution is -0.146. The van der Waals surface area contributed by atoms with Gasteiger partial charge in [0.1, 0.15) is 17.5 Å². The van der Waals surface area contributed by atoms with Gasteiger partial charge in [0.15, 0.2) is 0 Å². The third-order valence-electron chi connectivity index (χ3n) is 6.39. The molecule has 1 aliphatic carbocycles. The van der Waals surface area contributed by atoms with E-state index in [0.717, 1.165) is 12.8 Å². The molecule has 0 bridgehead atoms. The maximum absolute atomic E-state index is 13.6. The maximum atomic E-state index is 13.6. The highest BCUT2D eigenvalue weighted by molar-refractivity contribution is 5.98. The van der Waals surface area contributed by atoms with Gasteiger partial charge in [0.25, 0.3) is 5.91 Å². The lowest BCUT2D eigenvalue weighted by Gasteiger charge is -2.44. The highest BCUT2D eigenvalue weighted by atomic mass is 16.5. The molecule has 1 aromatic rings. The van der Waals surface area contributed by atoms with Crippen LogP contribution >= 0.6 is 0 Å². The Kier molecular flexibility index (Phi) is 5.92. The topological polar surface area (TPSA) is 88.2 Å². The molecule has 1 atom stereocenters. The van der Waals surface area contributed by atoms with Crippen molar-refractivity contribution in [2.24, 2.45) is 5.92 Å². The molecule has 1 spiro atoms. The number of hydrogen-bond acceptors (Lipinski definition) is 5. The van der Waals surface area contributed by atoms with E-state index in [9.17, 15) is 14.4 Å². The molecule has 2 saturated heterocycles. The zero-order valence-corrected chi connectivity index (χ0v) is 18.4. The van der Waals surface area contributed by atoms with E-state index >= 15 is 0 Å². The first-order chi connectivity index (χ1) is 14.8. The van der Waals surface area contributed by atoms with Crippen LogP contribution in [-0.4, -0.2) is 72.1 Å². The smallest absolute Gasteiger partial charge is 0.256 e. The summed E-state index contributed by atoms with van der Waals surface area (Å²) in [7, 11) is 1.57. The van der Waals surface area contributed by atoms with Gasteiger partial charge < -0.3 is 19.7 Å². The molecular formula is C23H31N3O5. The first kappa shape index (κ1) is 21.6. The number of hydrogen-bond donors (Lipinski definition) is 1. The van der Waals surface area contributed by atoms with Gasteiger partial charge in [-0.3, -0.25) is 19.3 Å². The largest absolute Gasteiger partial charge is 0.497 e. The zero-order valence-electron chi connectivity index (χ0n) is 18.4. The van der Waals surface area contributed by atoms with Gasteiger partial charge in [-0.2, -0.15) is 0 Å². The Hall–Kier alpha value is -2.61. The molecule has 8 heteroatoms. The molecule has 3 amide bonds. The summed E-state index contributed by atoms with van der Waals surface area (Å²) in [6.45, 7) is 4.94. The number of nitrogens with zero attached hydrogens (tertiary/aromatic N) is 2. The van der Waals surface area contributed by atoms with Gasteiger partial charge in [-0.15, -0.1) is 0 Å². The standard InChI is InChI=1S/C23H31N3O5/c1-15(2)21(28)25-12-10-23(11-13-25)26(19(14-31-23)20(27)24-17-6-7-17)22(29)16-4-8-18(30-3)9-5-16/h4-5,8-9,15,17,19H,6-7,10-14H2,1-3H3,(H,24,27)/t19-/m0/s1. The van der Waals surface area contributed by atoms with E-state index in [0.29, 0.717) is 37.2 Å². The number of carbonyl (C=O) groups excluding carboxylic acids is 3. The SMILES string of the molecule is COc1ccc(C(=O)N2[C@H](C(=O)NC3CC3)COC23CCN(C(=O)C(C)C)CC3)cc1. The molecule has 1 aromatic carbocycles. The monoisotopic (exact) mass is 429 g/mol. The minimum atomic E-state index is -0.879. The van der Waals surface area contributed by atoms with Gasteiger partial charge in [-0.05, 0) is 37.1 Å². The highest BCUT2D eigenvalue weighted by Gasteiger charge is 2.54. The normalized spacial score (nSPS) is 22.6. The van der Waals surface area contributed by atoms with Crippen LogP contribution in [0, 0.1) is 5.92 Å². The molecule has 0 unspecified atom stereocenters. The molecule has 2 heterocycles. The number of nitrogens with one attached hydrogen (secondary N) is 1. The summed E-state index contributed by atoms with van der Waals surface area (Å²) in [4.78, 5) is 42.4. The molecule has 1 saturated carbocycles. The van der Waals surface area contributed by atoms with Crippen LogP contribution < -0.4 is 10.1 Å². The van der Waals surface area contributed by atoms with Crippen LogP contribution in [0.1, 0.15) is 49.9 Å². The molecule has 4 rings (SSSR count). The predicted molar refractivity (Wildman–Crippen MR) is 113 cm³/mol. The summed E-state index contributed by atoms with van der Waals surface area (Å²) in [5, 5.41) is 3.02. The minimum absolute atomic E-state index is 0.0763. The Balaban J connectivity index is 1.58. The minimum Gasteiger partial charge on any atom is -0.497 e. The molecule has 31 heavy (non-hydrogen) atoms. The fraction of sp³-hybridized carbons (Fsp3) is 0.609. The van der Waals surface area contributed by atoms with Crippen LogP contribution in [0.5, 0.6) is 5.75 Å². The number of piperidine rings is 1. The van der Waals surface area contributed by atoms with Crippen molar-refractivity contribution in [3.05, 3.63) is 29.8 Å². The number of likely N-dealkylation sites (tertiary alicyclic amines) is 1. The number of methoxy groups -OCH3 is 1. The van der Waals surface area contributed by atoms with Crippen molar-refractivity contribution in [3.63, 3.8) is 0 Å². The van der Waals surface area contributed by atoms with Crippen LogP contribution in [0.15, 0.2) is 24.3 Å². The van der Waals surface area contributed by atoms with Crippen molar-refractivity contribution >= 4 is 17.7 Å². The average molecular weight is 430 g/mol. The molecule has 3 fully saturated rings. The van der Waals surface area contributed by atoms with Gasteiger partial charge in [0.05, 0.1) is 13.7 Å². The molecule has 0 aromatic heterocycles. The Bertz CT molecular complexity index is 841. The fourth-order valence-electron chi connectivity index (χ4n) is 4.41. The van der Waals surface area contributed by atoms with E-state index in [1.54, 1.807) is 36.3 Å². The van der Waals surface area contributed by atoms with Crippen LogP contribution in [0.4, 0.5) is 0 Å². The molecule has 3 aliphatic rings. The zero-order chi connectivity index (χ0) is 22.2. The van der Waals surface area contributed by atoms with Gasteiger partial charge in [-0.25, -0.2) is 0 Å². The molecule has 2 aliphatic heterocycles. The van der Waals surface area contributed by atoms with E-state index in [4.69, 9.17) is 9.47 Å². The van der Waals surface area contributed by atoms with Crippen molar-refractivity contribution in [2.75, 3.05) is 26.8 Å². The lowest BCUT2D eigenvalue weighted by Crippen LogP contribution is -2.60. The molecule has 168 valence electrons. The first-order valence-electron chi connectivity index (χ1n) is 11.1. The van der Waals surface area contributed by atoms with Gasteiger partial charge >= 0.3 is 0 Å². The molecular weight excluding hydrogens is 398 g/mol. The Morgan fingerprint density at radius 3 is 2.32 bits per heavy atom. The number of amides is 3. The Labute approximate surface area is 182 Å². The summed E-state index contributed by atoms with van der Waals surface area (Å²) in [6.07, 6.45) is 2.92. The van der Waals surface area contributed by atoms with Gasteiger partial charge in [-0.1, -0.05) is 13.8 Å². The molecule has 0 radical (unpaired) electrons. The van der Waals surface area contributed by atoms with Crippen molar-refractivity contribution in [1.82, 2.24) is 15.1 Å². The van der Waals surface area contributed by atoms with E-state index < -0.39 is 11.8 Å². The highest BCUT2D eigenvalue weighted by Crippen LogP contribution is 2.39. The van der Waals surface area contributed by atoms with E-state index in [1.807, 2.05) is 18.7 Å². The van der Waals surface area contributed by atoms with Crippen LogP contribution in [-0.2, 0) is 14.3 Å². The number of ether oxygens (including phenoxy) is 2. The first-order valence-corrected chi connectivity index (χ1v) is 11.1.